The molecule has 1 unspecified atom stereocenters. The third kappa shape index (κ3) is 3.39. The molecule has 1 rings (SSSR count). The Morgan fingerprint density at radius 1 is 1.57 bits per heavy atom. The summed E-state index contributed by atoms with van der Waals surface area (Å²) >= 11 is 0. The molecule has 0 heterocycles. The first-order chi connectivity index (χ1) is 6.69. The van der Waals surface area contributed by atoms with E-state index in [-0.39, 0.29) is 11.8 Å². The zero-order chi connectivity index (χ0) is 10.6. The maximum atomic E-state index is 11.6. The molecule has 0 spiro atoms. The van der Waals surface area contributed by atoms with Crippen molar-refractivity contribution in [1.29, 1.82) is 0 Å². The summed E-state index contributed by atoms with van der Waals surface area (Å²) in [7, 11) is 1.80. The van der Waals surface area contributed by atoms with E-state index in [1.807, 2.05) is 0 Å². The van der Waals surface area contributed by atoms with Crippen molar-refractivity contribution in [3.63, 3.8) is 0 Å². The van der Waals surface area contributed by atoms with Crippen LogP contribution in [0.2, 0.25) is 0 Å². The molecule has 1 aliphatic rings. The Kier molecular flexibility index (Phi) is 4.55. The molecule has 0 aliphatic heterocycles. The monoisotopic (exact) mass is 199 g/mol. The van der Waals surface area contributed by atoms with Crippen LogP contribution < -0.4 is 5.32 Å². The molecule has 1 aliphatic carbocycles. The zero-order valence-corrected chi connectivity index (χ0v) is 9.12. The number of likely N-dealkylation sites (N-methyl/N-ethyl adjacent to an activating group) is 1. The van der Waals surface area contributed by atoms with Crippen LogP contribution in [0.25, 0.3) is 0 Å². The standard InChI is InChI=1S/C11H21NO2/c1-3-4-9(12-2)11(14)10(13)7-8-5-6-8/h8-9,11-12,14H,3-7H2,1-2H3/t9-,11?/m0/s1. The Labute approximate surface area is 85.9 Å². The van der Waals surface area contributed by atoms with Gasteiger partial charge in [0.2, 0.25) is 0 Å². The summed E-state index contributed by atoms with van der Waals surface area (Å²) in [5, 5.41) is 12.8. The van der Waals surface area contributed by atoms with Crippen LogP contribution in [0.3, 0.4) is 0 Å². The van der Waals surface area contributed by atoms with Crippen LogP contribution in [0.4, 0.5) is 0 Å². The molecular formula is C11H21NO2. The van der Waals surface area contributed by atoms with Gasteiger partial charge in [0.05, 0.1) is 0 Å². The average molecular weight is 199 g/mol. The number of hydrogen-bond acceptors (Lipinski definition) is 3. The summed E-state index contributed by atoms with van der Waals surface area (Å²) in [5.41, 5.74) is 0. The van der Waals surface area contributed by atoms with E-state index in [1.165, 1.54) is 0 Å². The van der Waals surface area contributed by atoms with Crippen LogP contribution >= 0.6 is 0 Å². The predicted octanol–water partition coefficient (Wildman–Crippen LogP) is 1.10. The van der Waals surface area contributed by atoms with Crippen molar-refractivity contribution in [3.8, 4) is 0 Å². The van der Waals surface area contributed by atoms with Crippen molar-refractivity contribution < 1.29 is 9.90 Å². The van der Waals surface area contributed by atoms with E-state index in [2.05, 4.69) is 12.2 Å². The van der Waals surface area contributed by atoms with Gasteiger partial charge < -0.3 is 10.4 Å². The highest BCUT2D eigenvalue weighted by atomic mass is 16.3. The Hall–Kier alpha value is -0.410. The van der Waals surface area contributed by atoms with Gasteiger partial charge in [0, 0.05) is 12.5 Å². The molecule has 0 aromatic carbocycles. The zero-order valence-electron chi connectivity index (χ0n) is 9.12. The maximum absolute atomic E-state index is 11.6. The predicted molar refractivity (Wildman–Crippen MR) is 56.1 cm³/mol. The molecular weight excluding hydrogens is 178 g/mol. The van der Waals surface area contributed by atoms with E-state index in [9.17, 15) is 9.90 Å². The van der Waals surface area contributed by atoms with Crippen LogP contribution in [0.15, 0.2) is 0 Å². The Morgan fingerprint density at radius 3 is 2.64 bits per heavy atom. The lowest BCUT2D eigenvalue weighted by Gasteiger charge is -2.20. The van der Waals surface area contributed by atoms with E-state index in [0.717, 1.165) is 25.7 Å². The van der Waals surface area contributed by atoms with Crippen LogP contribution in [-0.2, 0) is 4.79 Å². The van der Waals surface area contributed by atoms with Gasteiger partial charge in [-0.2, -0.15) is 0 Å². The smallest absolute Gasteiger partial charge is 0.163 e. The normalized spacial score (nSPS) is 20.5. The van der Waals surface area contributed by atoms with Crippen LogP contribution in [0, 0.1) is 5.92 Å². The number of hydrogen-bond donors (Lipinski definition) is 2. The Morgan fingerprint density at radius 2 is 2.21 bits per heavy atom. The Bertz CT molecular complexity index is 190. The molecule has 0 saturated heterocycles. The Balaban J connectivity index is 2.34. The second-order valence-electron chi connectivity index (χ2n) is 4.24. The summed E-state index contributed by atoms with van der Waals surface area (Å²) in [6, 6.07) is -0.0637. The molecule has 0 aromatic heterocycles. The SMILES string of the molecule is CCC[C@H](NC)C(O)C(=O)CC1CC1. The maximum Gasteiger partial charge on any atom is 0.163 e. The second kappa shape index (κ2) is 5.47. The van der Waals surface area contributed by atoms with Gasteiger partial charge >= 0.3 is 0 Å². The molecule has 0 bridgehead atoms. The lowest BCUT2D eigenvalue weighted by Crippen LogP contribution is -2.42. The fraction of sp³-hybridized carbons (Fsp3) is 0.909. The summed E-state index contributed by atoms with van der Waals surface area (Å²) < 4.78 is 0. The van der Waals surface area contributed by atoms with Gasteiger partial charge in [-0.3, -0.25) is 4.79 Å². The van der Waals surface area contributed by atoms with E-state index in [0.29, 0.717) is 12.3 Å². The fourth-order valence-corrected chi connectivity index (χ4v) is 1.72. The number of ketones is 1. The molecule has 3 heteroatoms. The lowest BCUT2D eigenvalue weighted by molar-refractivity contribution is -0.129. The summed E-state index contributed by atoms with van der Waals surface area (Å²) in [4.78, 5) is 11.6. The highest BCUT2D eigenvalue weighted by molar-refractivity contribution is 5.84. The molecule has 3 nitrogen and oxygen atoms in total. The number of carbonyl (C=O) groups excluding carboxylic acids is 1. The summed E-state index contributed by atoms with van der Waals surface area (Å²) in [6.45, 7) is 2.06. The molecule has 0 amide bonds. The van der Waals surface area contributed by atoms with Crippen molar-refractivity contribution in [2.24, 2.45) is 5.92 Å². The van der Waals surface area contributed by atoms with Crippen molar-refractivity contribution in [2.45, 2.75) is 51.2 Å². The first kappa shape index (κ1) is 11.7. The van der Waals surface area contributed by atoms with Crippen molar-refractivity contribution in [3.05, 3.63) is 0 Å². The molecule has 14 heavy (non-hydrogen) atoms. The van der Waals surface area contributed by atoms with Gasteiger partial charge in [0.1, 0.15) is 6.10 Å². The minimum Gasteiger partial charge on any atom is -0.384 e. The molecule has 1 fully saturated rings. The van der Waals surface area contributed by atoms with E-state index >= 15 is 0 Å². The first-order valence-corrected chi connectivity index (χ1v) is 5.57. The molecule has 82 valence electrons. The van der Waals surface area contributed by atoms with Gasteiger partial charge in [-0.1, -0.05) is 13.3 Å². The van der Waals surface area contributed by atoms with Gasteiger partial charge in [0.25, 0.3) is 0 Å². The molecule has 0 radical (unpaired) electrons. The minimum atomic E-state index is -0.805. The number of aliphatic hydroxyl groups is 1. The van der Waals surface area contributed by atoms with E-state index in [4.69, 9.17) is 0 Å². The fourth-order valence-electron chi connectivity index (χ4n) is 1.72. The van der Waals surface area contributed by atoms with Gasteiger partial charge in [-0.05, 0) is 32.2 Å². The second-order valence-corrected chi connectivity index (χ2v) is 4.24. The number of rotatable bonds is 7. The van der Waals surface area contributed by atoms with Crippen LogP contribution in [-0.4, -0.2) is 30.1 Å². The van der Waals surface area contributed by atoms with Crippen molar-refractivity contribution >= 4 is 5.78 Å². The molecule has 2 atom stereocenters. The largest absolute Gasteiger partial charge is 0.384 e. The summed E-state index contributed by atoms with van der Waals surface area (Å²) in [6.07, 6.45) is 3.93. The van der Waals surface area contributed by atoms with Gasteiger partial charge in [-0.15, -0.1) is 0 Å². The topological polar surface area (TPSA) is 49.3 Å². The number of carbonyl (C=O) groups is 1. The van der Waals surface area contributed by atoms with E-state index in [1.54, 1.807) is 7.05 Å². The lowest BCUT2D eigenvalue weighted by atomic mass is 9.99. The highest BCUT2D eigenvalue weighted by Crippen LogP contribution is 2.33. The third-order valence-electron chi connectivity index (χ3n) is 2.87. The van der Waals surface area contributed by atoms with Gasteiger partial charge in [-0.25, -0.2) is 0 Å². The van der Waals surface area contributed by atoms with Crippen LogP contribution in [0.5, 0.6) is 0 Å². The number of nitrogens with one attached hydrogen (secondary N) is 1. The van der Waals surface area contributed by atoms with Crippen molar-refractivity contribution in [2.75, 3.05) is 7.05 Å². The van der Waals surface area contributed by atoms with Gasteiger partial charge in [0.15, 0.2) is 5.78 Å². The summed E-state index contributed by atoms with van der Waals surface area (Å²) in [5.74, 6) is 0.580. The average Bonchev–Trinajstić information content (AvgIpc) is 2.96. The third-order valence-corrected chi connectivity index (χ3v) is 2.87. The molecule has 1 saturated carbocycles. The van der Waals surface area contributed by atoms with Crippen LogP contribution in [0.1, 0.15) is 39.0 Å². The first-order valence-electron chi connectivity index (χ1n) is 5.57. The quantitative estimate of drug-likeness (QED) is 0.645. The molecule has 2 N–H and O–H groups in total. The molecule has 0 aromatic rings. The number of Topliss-reactive ketones (excluding diaryl/α,β-unsaturated/α-hetero) is 1. The van der Waals surface area contributed by atoms with Crippen molar-refractivity contribution in [1.82, 2.24) is 5.32 Å². The number of aliphatic hydroxyl groups excluding tert-OH is 1. The highest BCUT2D eigenvalue weighted by Gasteiger charge is 2.30. The minimum absolute atomic E-state index is 0.0142. The van der Waals surface area contributed by atoms with E-state index < -0.39 is 6.10 Å².